The van der Waals surface area contributed by atoms with E-state index in [1.165, 1.54) is 7.11 Å². The van der Waals surface area contributed by atoms with E-state index in [2.05, 4.69) is 10.1 Å². The van der Waals surface area contributed by atoms with E-state index in [4.69, 9.17) is 0 Å². The smallest absolute Gasteiger partial charge is 0.322 e. The molecule has 0 spiro atoms. The van der Waals surface area contributed by atoms with Crippen LogP contribution in [0.15, 0.2) is 0 Å². The fourth-order valence-electron chi connectivity index (χ4n) is 0.967. The van der Waals surface area contributed by atoms with Gasteiger partial charge in [0.2, 0.25) is 5.91 Å². The first-order valence-corrected chi connectivity index (χ1v) is 4.57. The quantitative estimate of drug-likeness (QED) is 0.617. The number of ether oxygens (including phenoxy) is 1. The molecule has 1 amide bonds. The SMILES string of the molecule is CCNC(=O)CN(C)C(C)C(=O)OC. The number of esters is 1. The van der Waals surface area contributed by atoms with Crippen molar-refractivity contribution in [2.24, 2.45) is 0 Å². The van der Waals surface area contributed by atoms with Crippen molar-refractivity contribution in [3.05, 3.63) is 0 Å². The Balaban J connectivity index is 4.00. The van der Waals surface area contributed by atoms with Crippen LogP contribution in [0, 0.1) is 0 Å². The molecule has 0 aromatic rings. The van der Waals surface area contributed by atoms with E-state index < -0.39 is 6.04 Å². The van der Waals surface area contributed by atoms with E-state index in [0.717, 1.165) is 0 Å². The minimum Gasteiger partial charge on any atom is -0.468 e. The number of hydrogen-bond acceptors (Lipinski definition) is 4. The fourth-order valence-corrected chi connectivity index (χ4v) is 0.967. The summed E-state index contributed by atoms with van der Waals surface area (Å²) >= 11 is 0. The number of methoxy groups -OCH3 is 1. The molecule has 14 heavy (non-hydrogen) atoms. The van der Waals surface area contributed by atoms with Crippen LogP contribution in [0.3, 0.4) is 0 Å². The molecule has 0 aliphatic carbocycles. The van der Waals surface area contributed by atoms with Crippen molar-refractivity contribution in [1.29, 1.82) is 0 Å². The van der Waals surface area contributed by atoms with Crippen LogP contribution in [-0.4, -0.2) is 50.1 Å². The zero-order valence-electron chi connectivity index (χ0n) is 9.16. The molecular weight excluding hydrogens is 184 g/mol. The second kappa shape index (κ2) is 6.37. The van der Waals surface area contributed by atoms with Crippen LogP contribution in [0.5, 0.6) is 0 Å². The highest BCUT2D eigenvalue weighted by molar-refractivity contribution is 5.80. The average Bonchev–Trinajstić information content (AvgIpc) is 2.15. The van der Waals surface area contributed by atoms with Gasteiger partial charge in [0.05, 0.1) is 13.7 Å². The van der Waals surface area contributed by atoms with Crippen LogP contribution >= 0.6 is 0 Å². The third-order valence-electron chi connectivity index (χ3n) is 1.97. The molecule has 5 heteroatoms. The predicted octanol–water partition coefficient (Wildman–Crippen LogP) is -0.384. The third-order valence-corrected chi connectivity index (χ3v) is 1.97. The van der Waals surface area contributed by atoms with E-state index in [1.807, 2.05) is 6.92 Å². The molecule has 82 valence electrons. The number of hydrogen-bond donors (Lipinski definition) is 1. The number of nitrogens with one attached hydrogen (secondary N) is 1. The first-order valence-electron chi connectivity index (χ1n) is 4.57. The number of rotatable bonds is 5. The van der Waals surface area contributed by atoms with E-state index in [0.29, 0.717) is 6.54 Å². The summed E-state index contributed by atoms with van der Waals surface area (Å²) in [4.78, 5) is 23.9. The summed E-state index contributed by atoms with van der Waals surface area (Å²) in [7, 11) is 3.04. The lowest BCUT2D eigenvalue weighted by Crippen LogP contribution is -2.43. The van der Waals surface area contributed by atoms with Gasteiger partial charge in [-0.1, -0.05) is 0 Å². The van der Waals surface area contributed by atoms with Crippen LogP contribution in [0.1, 0.15) is 13.8 Å². The zero-order chi connectivity index (χ0) is 11.1. The van der Waals surface area contributed by atoms with Gasteiger partial charge in [-0.2, -0.15) is 0 Å². The molecule has 0 bridgehead atoms. The van der Waals surface area contributed by atoms with E-state index in [9.17, 15) is 9.59 Å². The molecule has 5 nitrogen and oxygen atoms in total. The Labute approximate surface area is 84.4 Å². The molecule has 0 heterocycles. The minimum atomic E-state index is -0.400. The van der Waals surface area contributed by atoms with Gasteiger partial charge in [-0.05, 0) is 20.9 Å². The number of amides is 1. The van der Waals surface area contributed by atoms with Gasteiger partial charge >= 0.3 is 5.97 Å². The molecule has 0 aliphatic heterocycles. The van der Waals surface area contributed by atoms with Gasteiger partial charge in [0.15, 0.2) is 0 Å². The van der Waals surface area contributed by atoms with Crippen molar-refractivity contribution in [1.82, 2.24) is 10.2 Å². The van der Waals surface area contributed by atoms with Crippen molar-refractivity contribution in [2.75, 3.05) is 27.2 Å². The van der Waals surface area contributed by atoms with Gasteiger partial charge in [-0.3, -0.25) is 14.5 Å². The third kappa shape index (κ3) is 4.23. The normalized spacial score (nSPS) is 12.4. The monoisotopic (exact) mass is 202 g/mol. The van der Waals surface area contributed by atoms with Crippen LogP contribution < -0.4 is 5.32 Å². The number of carbonyl (C=O) groups excluding carboxylic acids is 2. The van der Waals surface area contributed by atoms with Crippen LogP contribution in [0.4, 0.5) is 0 Å². The molecule has 0 fully saturated rings. The molecule has 0 radical (unpaired) electrons. The second-order valence-corrected chi connectivity index (χ2v) is 3.07. The standard InChI is InChI=1S/C9H18N2O3/c1-5-10-8(12)6-11(3)7(2)9(13)14-4/h7H,5-6H2,1-4H3,(H,10,12). The molecule has 0 saturated heterocycles. The van der Waals surface area contributed by atoms with Gasteiger partial charge in [0.1, 0.15) is 6.04 Å². The van der Waals surface area contributed by atoms with Crippen LogP contribution in [0.25, 0.3) is 0 Å². The second-order valence-electron chi connectivity index (χ2n) is 3.07. The maximum absolute atomic E-state index is 11.2. The molecule has 1 N–H and O–H groups in total. The molecular formula is C9H18N2O3. The first-order chi connectivity index (χ1) is 6.52. The van der Waals surface area contributed by atoms with Gasteiger partial charge in [0, 0.05) is 6.54 Å². The Morgan fingerprint density at radius 3 is 2.50 bits per heavy atom. The number of likely N-dealkylation sites (N-methyl/N-ethyl adjacent to an activating group) is 2. The Kier molecular flexibility index (Phi) is 5.87. The van der Waals surface area contributed by atoms with Crippen molar-refractivity contribution in [3.63, 3.8) is 0 Å². The topological polar surface area (TPSA) is 58.6 Å². The van der Waals surface area contributed by atoms with Crippen molar-refractivity contribution in [3.8, 4) is 0 Å². The highest BCUT2D eigenvalue weighted by atomic mass is 16.5. The number of nitrogens with zero attached hydrogens (tertiary/aromatic N) is 1. The molecule has 0 aliphatic rings. The maximum Gasteiger partial charge on any atom is 0.322 e. The lowest BCUT2D eigenvalue weighted by molar-refractivity contribution is -0.146. The summed E-state index contributed by atoms with van der Waals surface area (Å²) < 4.78 is 4.56. The largest absolute Gasteiger partial charge is 0.468 e. The summed E-state index contributed by atoms with van der Waals surface area (Å²) in [5.41, 5.74) is 0. The highest BCUT2D eigenvalue weighted by Gasteiger charge is 2.19. The molecule has 0 rings (SSSR count). The fraction of sp³-hybridized carbons (Fsp3) is 0.778. The van der Waals surface area contributed by atoms with Crippen molar-refractivity contribution in [2.45, 2.75) is 19.9 Å². The van der Waals surface area contributed by atoms with Gasteiger partial charge < -0.3 is 10.1 Å². The predicted molar refractivity (Wildman–Crippen MR) is 52.8 cm³/mol. The Morgan fingerprint density at radius 2 is 2.07 bits per heavy atom. The lowest BCUT2D eigenvalue weighted by Gasteiger charge is -2.21. The highest BCUT2D eigenvalue weighted by Crippen LogP contribution is 1.96. The molecule has 0 aromatic carbocycles. The molecule has 1 unspecified atom stereocenters. The average molecular weight is 202 g/mol. The van der Waals surface area contributed by atoms with E-state index in [1.54, 1.807) is 18.9 Å². The Hall–Kier alpha value is -1.10. The zero-order valence-corrected chi connectivity index (χ0v) is 9.16. The minimum absolute atomic E-state index is 0.0919. The van der Waals surface area contributed by atoms with Gasteiger partial charge in [-0.15, -0.1) is 0 Å². The first kappa shape index (κ1) is 12.9. The summed E-state index contributed by atoms with van der Waals surface area (Å²) in [6, 6.07) is -0.400. The van der Waals surface area contributed by atoms with E-state index >= 15 is 0 Å². The Bertz CT molecular complexity index is 206. The molecule has 0 saturated carbocycles. The summed E-state index contributed by atoms with van der Waals surface area (Å²) in [6.07, 6.45) is 0. The summed E-state index contributed by atoms with van der Waals surface area (Å²) in [5.74, 6) is -0.428. The Morgan fingerprint density at radius 1 is 1.50 bits per heavy atom. The lowest BCUT2D eigenvalue weighted by atomic mass is 10.3. The summed E-state index contributed by atoms with van der Waals surface area (Å²) in [6.45, 7) is 4.34. The van der Waals surface area contributed by atoms with Crippen LogP contribution in [-0.2, 0) is 14.3 Å². The number of carbonyl (C=O) groups is 2. The maximum atomic E-state index is 11.2. The van der Waals surface area contributed by atoms with E-state index in [-0.39, 0.29) is 18.4 Å². The van der Waals surface area contributed by atoms with Crippen molar-refractivity contribution >= 4 is 11.9 Å². The molecule has 1 atom stereocenters. The van der Waals surface area contributed by atoms with Crippen LogP contribution in [0.2, 0.25) is 0 Å². The van der Waals surface area contributed by atoms with Gasteiger partial charge in [0.25, 0.3) is 0 Å². The summed E-state index contributed by atoms with van der Waals surface area (Å²) in [5, 5.41) is 2.66. The van der Waals surface area contributed by atoms with Gasteiger partial charge in [-0.25, -0.2) is 0 Å². The molecule has 0 aromatic heterocycles. The van der Waals surface area contributed by atoms with Crippen molar-refractivity contribution < 1.29 is 14.3 Å².